The zero-order valence-electron chi connectivity index (χ0n) is 16.2. The van der Waals surface area contributed by atoms with Crippen LogP contribution in [0.2, 0.25) is 0 Å². The molecule has 2 aromatic carbocycles. The van der Waals surface area contributed by atoms with Crippen molar-refractivity contribution >= 4 is 19.9 Å². The Morgan fingerprint density at radius 2 is 1.55 bits per heavy atom. The minimum atomic E-state index is -3.90. The van der Waals surface area contributed by atoms with E-state index < -0.39 is 19.9 Å². The molecular formula is C21H22N2O4S2. The Morgan fingerprint density at radius 1 is 0.862 bits per heavy atom. The van der Waals surface area contributed by atoms with E-state index in [1.54, 1.807) is 37.4 Å². The van der Waals surface area contributed by atoms with Crippen LogP contribution in [0.15, 0.2) is 81.5 Å². The first kappa shape index (κ1) is 21.2. The Labute approximate surface area is 171 Å². The number of aromatic nitrogens is 1. The molecule has 0 bridgehead atoms. The Hall–Kier alpha value is -2.55. The van der Waals surface area contributed by atoms with Crippen molar-refractivity contribution in [3.05, 3.63) is 83.7 Å². The number of nitrogens with one attached hydrogen (secondary N) is 1. The quantitative estimate of drug-likeness (QED) is 0.622. The van der Waals surface area contributed by atoms with Gasteiger partial charge in [-0.15, -0.1) is 0 Å². The molecule has 0 saturated heterocycles. The number of aryl methyl sites for hydroxylation is 1. The zero-order valence-corrected chi connectivity index (χ0v) is 17.8. The second-order valence-electron chi connectivity index (χ2n) is 6.62. The van der Waals surface area contributed by atoms with Crippen LogP contribution in [0, 0.1) is 13.8 Å². The number of pyridine rings is 1. The summed E-state index contributed by atoms with van der Waals surface area (Å²) in [5.74, 6) is 0. The fourth-order valence-electron chi connectivity index (χ4n) is 3.17. The number of sulfonamides is 1. The van der Waals surface area contributed by atoms with Crippen LogP contribution < -0.4 is 4.72 Å². The third-order valence-electron chi connectivity index (χ3n) is 4.56. The smallest absolute Gasteiger partial charge is 0.241 e. The molecule has 1 aromatic heterocycles. The van der Waals surface area contributed by atoms with Gasteiger partial charge in [-0.25, -0.2) is 21.6 Å². The predicted octanol–water partition coefficient (Wildman–Crippen LogP) is 3.05. The Kier molecular flexibility index (Phi) is 6.16. The Bertz CT molecular complexity index is 1210. The van der Waals surface area contributed by atoms with E-state index in [2.05, 4.69) is 9.71 Å². The Balaban J connectivity index is 1.94. The van der Waals surface area contributed by atoms with Gasteiger partial charge in [-0.3, -0.25) is 4.98 Å². The largest absolute Gasteiger partial charge is 0.261 e. The van der Waals surface area contributed by atoms with Gasteiger partial charge in [0.1, 0.15) is 0 Å². The van der Waals surface area contributed by atoms with Gasteiger partial charge in [-0.1, -0.05) is 30.3 Å². The molecule has 0 fully saturated rings. The standard InChI is InChI=1S/C21H22N2O4S2/c1-16-11-12-20(28(24,25)19-9-4-3-5-10-19)17(2)21(16)29(26,27)23-15-13-18-8-6-7-14-22-18/h3-12,14,23H,13,15H2,1-2H3. The third kappa shape index (κ3) is 4.55. The minimum Gasteiger partial charge on any atom is -0.261 e. The molecule has 0 radical (unpaired) electrons. The third-order valence-corrected chi connectivity index (χ3v) is 8.23. The average Bonchev–Trinajstić information content (AvgIpc) is 2.69. The molecule has 0 saturated carbocycles. The van der Waals surface area contributed by atoms with Gasteiger partial charge in [0.25, 0.3) is 0 Å². The molecule has 0 spiro atoms. The highest BCUT2D eigenvalue weighted by atomic mass is 32.2. The summed E-state index contributed by atoms with van der Waals surface area (Å²) in [5, 5.41) is 0. The fraction of sp³-hybridized carbons (Fsp3) is 0.190. The van der Waals surface area contributed by atoms with Crippen molar-refractivity contribution in [3.63, 3.8) is 0 Å². The summed E-state index contributed by atoms with van der Waals surface area (Å²) in [7, 11) is -7.73. The molecule has 0 aliphatic carbocycles. The highest BCUT2D eigenvalue weighted by Gasteiger charge is 2.27. The molecule has 29 heavy (non-hydrogen) atoms. The van der Waals surface area contributed by atoms with Gasteiger partial charge < -0.3 is 0 Å². The van der Waals surface area contributed by atoms with Crippen LogP contribution in [-0.4, -0.2) is 28.4 Å². The van der Waals surface area contributed by atoms with Crippen LogP contribution in [0.1, 0.15) is 16.8 Å². The first-order valence-electron chi connectivity index (χ1n) is 9.03. The molecule has 1 N–H and O–H groups in total. The van der Waals surface area contributed by atoms with E-state index in [0.29, 0.717) is 12.0 Å². The molecule has 3 aromatic rings. The van der Waals surface area contributed by atoms with E-state index in [-0.39, 0.29) is 26.8 Å². The number of benzene rings is 2. The summed E-state index contributed by atoms with van der Waals surface area (Å²) in [5.41, 5.74) is 1.46. The summed E-state index contributed by atoms with van der Waals surface area (Å²) in [6.45, 7) is 3.34. The maximum atomic E-state index is 13.0. The van der Waals surface area contributed by atoms with Crippen molar-refractivity contribution < 1.29 is 16.8 Å². The van der Waals surface area contributed by atoms with Gasteiger partial charge in [0, 0.05) is 24.9 Å². The van der Waals surface area contributed by atoms with Crippen LogP contribution >= 0.6 is 0 Å². The van der Waals surface area contributed by atoms with Gasteiger partial charge in [-0.05, 0) is 55.3 Å². The number of rotatable bonds is 7. The van der Waals surface area contributed by atoms with Gasteiger partial charge in [0.05, 0.1) is 14.7 Å². The molecule has 0 amide bonds. The number of hydrogen-bond acceptors (Lipinski definition) is 5. The van der Waals surface area contributed by atoms with Crippen LogP contribution in [-0.2, 0) is 26.3 Å². The van der Waals surface area contributed by atoms with Crippen LogP contribution in [0.4, 0.5) is 0 Å². The van der Waals surface area contributed by atoms with Crippen LogP contribution in [0.25, 0.3) is 0 Å². The molecule has 0 aliphatic heterocycles. The van der Waals surface area contributed by atoms with E-state index in [0.717, 1.165) is 5.69 Å². The molecule has 3 rings (SSSR count). The highest BCUT2D eigenvalue weighted by molar-refractivity contribution is 7.92. The lowest BCUT2D eigenvalue weighted by Gasteiger charge is -2.16. The molecule has 0 aliphatic rings. The SMILES string of the molecule is Cc1ccc(S(=O)(=O)c2ccccc2)c(C)c1S(=O)(=O)NCCc1ccccn1. The van der Waals surface area contributed by atoms with E-state index in [9.17, 15) is 16.8 Å². The topological polar surface area (TPSA) is 93.2 Å². The highest BCUT2D eigenvalue weighted by Crippen LogP contribution is 2.30. The van der Waals surface area contributed by atoms with Crippen molar-refractivity contribution in [2.75, 3.05) is 6.54 Å². The van der Waals surface area contributed by atoms with Crippen molar-refractivity contribution in [2.45, 2.75) is 35.0 Å². The first-order chi connectivity index (χ1) is 13.7. The lowest BCUT2D eigenvalue weighted by molar-refractivity contribution is 0.579. The monoisotopic (exact) mass is 430 g/mol. The van der Waals surface area contributed by atoms with Crippen molar-refractivity contribution in [1.29, 1.82) is 0 Å². The van der Waals surface area contributed by atoms with Crippen LogP contribution in [0.3, 0.4) is 0 Å². The normalized spacial score (nSPS) is 12.1. The zero-order chi connectivity index (χ0) is 21.1. The van der Waals surface area contributed by atoms with Crippen molar-refractivity contribution in [2.24, 2.45) is 0 Å². The molecule has 0 atom stereocenters. The second-order valence-corrected chi connectivity index (χ2v) is 10.2. The Morgan fingerprint density at radius 3 is 2.21 bits per heavy atom. The number of hydrogen-bond donors (Lipinski definition) is 1. The summed E-state index contributed by atoms with van der Waals surface area (Å²) in [6, 6.07) is 16.4. The first-order valence-corrected chi connectivity index (χ1v) is 12.0. The number of sulfone groups is 1. The van der Waals surface area contributed by atoms with E-state index in [1.807, 2.05) is 12.1 Å². The predicted molar refractivity (Wildman–Crippen MR) is 111 cm³/mol. The molecular weight excluding hydrogens is 408 g/mol. The summed E-state index contributed by atoms with van der Waals surface area (Å²) in [6.07, 6.45) is 2.08. The minimum absolute atomic E-state index is 0.00414. The number of nitrogens with zero attached hydrogens (tertiary/aromatic N) is 1. The van der Waals surface area contributed by atoms with Gasteiger partial charge in [0.2, 0.25) is 19.9 Å². The summed E-state index contributed by atoms with van der Waals surface area (Å²) in [4.78, 5) is 4.28. The maximum absolute atomic E-state index is 13.0. The fourth-order valence-corrected chi connectivity index (χ4v) is 6.28. The second kappa shape index (κ2) is 8.44. The van der Waals surface area contributed by atoms with Gasteiger partial charge in [0.15, 0.2) is 0 Å². The van der Waals surface area contributed by atoms with Crippen molar-refractivity contribution in [3.8, 4) is 0 Å². The lowest BCUT2D eigenvalue weighted by atomic mass is 10.1. The van der Waals surface area contributed by atoms with Crippen molar-refractivity contribution in [1.82, 2.24) is 9.71 Å². The maximum Gasteiger partial charge on any atom is 0.241 e. The lowest BCUT2D eigenvalue weighted by Crippen LogP contribution is -2.28. The van der Waals surface area contributed by atoms with Gasteiger partial charge >= 0.3 is 0 Å². The van der Waals surface area contributed by atoms with E-state index in [1.165, 1.54) is 31.2 Å². The molecule has 152 valence electrons. The van der Waals surface area contributed by atoms with Crippen LogP contribution in [0.5, 0.6) is 0 Å². The van der Waals surface area contributed by atoms with Gasteiger partial charge in [-0.2, -0.15) is 0 Å². The molecule has 6 nitrogen and oxygen atoms in total. The molecule has 8 heteroatoms. The average molecular weight is 431 g/mol. The molecule has 1 heterocycles. The summed E-state index contributed by atoms with van der Waals surface area (Å²) < 4.78 is 54.5. The summed E-state index contributed by atoms with van der Waals surface area (Å²) >= 11 is 0. The van der Waals surface area contributed by atoms with E-state index >= 15 is 0 Å². The molecule has 0 unspecified atom stereocenters. The van der Waals surface area contributed by atoms with E-state index in [4.69, 9.17) is 0 Å².